The Bertz CT molecular complexity index is 885. The van der Waals surface area contributed by atoms with Crippen molar-refractivity contribution >= 4 is 46.4 Å². The molecular weight excluding hydrogens is 427 g/mol. The second-order valence-electron chi connectivity index (χ2n) is 5.71. The van der Waals surface area contributed by atoms with E-state index >= 15 is 0 Å². The van der Waals surface area contributed by atoms with Crippen LogP contribution in [-0.4, -0.2) is 47.2 Å². The van der Waals surface area contributed by atoms with Crippen LogP contribution in [0.25, 0.3) is 0 Å². The predicted molar refractivity (Wildman–Crippen MR) is 107 cm³/mol. The minimum atomic E-state index is -0.666. The lowest BCUT2D eigenvalue weighted by Gasteiger charge is -2.15. The maximum Gasteiger partial charge on any atom is 0.354 e. The third kappa shape index (κ3) is 6.59. The van der Waals surface area contributed by atoms with Gasteiger partial charge in [-0.25, -0.2) is 9.97 Å². The smallest absolute Gasteiger partial charge is 0.354 e. The number of nitrogens with one attached hydrogen (secondary N) is 3. The van der Waals surface area contributed by atoms with Gasteiger partial charge < -0.3 is 14.8 Å². The lowest BCUT2D eigenvalue weighted by atomic mass is 10.3. The van der Waals surface area contributed by atoms with Gasteiger partial charge >= 0.3 is 5.69 Å². The molecule has 0 fully saturated rings. The number of carbonyl (C=O) groups excluding carboxylic acids is 1. The molecule has 1 heterocycles. The normalized spacial score (nSPS) is 11.4. The summed E-state index contributed by atoms with van der Waals surface area (Å²) in [7, 11) is 1.51. The fourth-order valence-corrected chi connectivity index (χ4v) is 2.64. The van der Waals surface area contributed by atoms with Crippen molar-refractivity contribution in [1.29, 1.82) is 0 Å². The Morgan fingerprint density at radius 2 is 2.03 bits per heavy atom. The summed E-state index contributed by atoms with van der Waals surface area (Å²) >= 11 is 11.7. The molecule has 0 radical (unpaired) electrons. The standard InChI is InChI=1S/C16H18Cl2N6O5/c1-9(6-28-2)21-15-14(24(26)27)16(20-8-19-15)23-22-13(25)7-29-12-4-3-10(17)5-11(12)18/h3-5,8-9H,6-7H2,1-2H3,(H,22,25)(H2,19,20,21,23). The van der Waals surface area contributed by atoms with Crippen molar-refractivity contribution in [3.63, 3.8) is 0 Å². The van der Waals surface area contributed by atoms with Gasteiger partial charge in [0, 0.05) is 18.2 Å². The molecule has 1 aromatic carbocycles. The SMILES string of the molecule is COCC(C)Nc1ncnc(NNC(=O)COc2ccc(Cl)cc2Cl)c1[N+](=O)[O-]. The van der Waals surface area contributed by atoms with Crippen molar-refractivity contribution in [2.24, 2.45) is 0 Å². The van der Waals surface area contributed by atoms with Crippen molar-refractivity contribution in [3.8, 4) is 5.75 Å². The second-order valence-corrected chi connectivity index (χ2v) is 6.56. The number of amides is 1. The molecule has 0 saturated carbocycles. The Kier molecular flexibility index (Phi) is 8.19. The van der Waals surface area contributed by atoms with Crippen LogP contribution in [0.2, 0.25) is 10.0 Å². The second kappa shape index (κ2) is 10.6. The highest BCUT2D eigenvalue weighted by atomic mass is 35.5. The van der Waals surface area contributed by atoms with E-state index in [1.54, 1.807) is 13.0 Å². The molecule has 2 rings (SSSR count). The molecule has 2 aromatic rings. The van der Waals surface area contributed by atoms with Crippen LogP contribution in [0.5, 0.6) is 5.75 Å². The van der Waals surface area contributed by atoms with Crippen LogP contribution in [0, 0.1) is 10.1 Å². The molecule has 11 nitrogen and oxygen atoms in total. The number of hydrogen-bond donors (Lipinski definition) is 3. The summed E-state index contributed by atoms with van der Waals surface area (Å²) in [6.07, 6.45) is 1.12. The Morgan fingerprint density at radius 1 is 1.31 bits per heavy atom. The van der Waals surface area contributed by atoms with E-state index in [9.17, 15) is 14.9 Å². The van der Waals surface area contributed by atoms with Gasteiger partial charge in [0.05, 0.1) is 16.6 Å². The van der Waals surface area contributed by atoms with Gasteiger partial charge in [0.25, 0.3) is 5.91 Å². The molecule has 29 heavy (non-hydrogen) atoms. The van der Waals surface area contributed by atoms with Crippen LogP contribution < -0.4 is 20.9 Å². The number of hydrogen-bond acceptors (Lipinski definition) is 9. The van der Waals surface area contributed by atoms with Crippen LogP contribution in [0.4, 0.5) is 17.3 Å². The van der Waals surface area contributed by atoms with Gasteiger partial charge in [0.2, 0.25) is 11.6 Å². The average Bonchev–Trinajstić information content (AvgIpc) is 2.65. The Hall–Kier alpha value is -2.89. The van der Waals surface area contributed by atoms with E-state index in [4.69, 9.17) is 32.7 Å². The summed E-state index contributed by atoms with van der Waals surface area (Å²) in [5.74, 6) is -0.575. The molecule has 0 spiro atoms. The fraction of sp³-hybridized carbons (Fsp3) is 0.312. The number of nitrogens with zero attached hydrogens (tertiary/aromatic N) is 3. The first-order valence-corrected chi connectivity index (χ1v) is 8.95. The van der Waals surface area contributed by atoms with Gasteiger partial charge in [-0.2, -0.15) is 0 Å². The molecule has 1 amide bonds. The van der Waals surface area contributed by atoms with Gasteiger partial charge in [0.1, 0.15) is 12.1 Å². The summed E-state index contributed by atoms with van der Waals surface area (Å²) in [4.78, 5) is 30.5. The number of ether oxygens (including phenoxy) is 2. The molecule has 0 bridgehead atoms. The maximum absolute atomic E-state index is 12.0. The van der Waals surface area contributed by atoms with Crippen LogP contribution in [0.3, 0.4) is 0 Å². The van der Waals surface area contributed by atoms with Gasteiger partial charge in [0.15, 0.2) is 6.61 Å². The van der Waals surface area contributed by atoms with Crippen molar-refractivity contribution < 1.29 is 19.2 Å². The number of halogens is 2. The molecule has 0 saturated heterocycles. The predicted octanol–water partition coefficient (Wildman–Crippen LogP) is 2.66. The third-order valence-corrected chi connectivity index (χ3v) is 3.91. The van der Waals surface area contributed by atoms with E-state index in [2.05, 4.69) is 26.1 Å². The number of rotatable bonds is 10. The number of anilines is 2. The molecule has 0 aliphatic rings. The van der Waals surface area contributed by atoms with Crippen LogP contribution in [0.1, 0.15) is 6.92 Å². The number of methoxy groups -OCH3 is 1. The summed E-state index contributed by atoms with van der Waals surface area (Å²) in [6.45, 7) is 1.68. The van der Waals surface area contributed by atoms with Gasteiger partial charge in [-0.15, -0.1) is 0 Å². The number of benzene rings is 1. The van der Waals surface area contributed by atoms with Crippen LogP contribution in [0.15, 0.2) is 24.5 Å². The van der Waals surface area contributed by atoms with Crippen LogP contribution in [-0.2, 0) is 9.53 Å². The molecule has 0 aliphatic heterocycles. The lowest BCUT2D eigenvalue weighted by Crippen LogP contribution is -2.34. The van der Waals surface area contributed by atoms with Gasteiger partial charge in [-0.1, -0.05) is 23.2 Å². The highest BCUT2D eigenvalue weighted by Gasteiger charge is 2.24. The first kappa shape index (κ1) is 22.4. The third-order valence-electron chi connectivity index (χ3n) is 3.38. The first-order chi connectivity index (χ1) is 13.8. The largest absolute Gasteiger partial charge is 0.482 e. The van der Waals surface area contributed by atoms with Crippen molar-refractivity contribution in [2.75, 3.05) is 31.1 Å². The van der Waals surface area contributed by atoms with E-state index in [1.165, 1.54) is 19.2 Å². The fourth-order valence-electron chi connectivity index (χ4n) is 2.17. The molecule has 1 unspecified atom stereocenters. The number of aromatic nitrogens is 2. The van der Waals surface area contributed by atoms with E-state index < -0.39 is 23.1 Å². The van der Waals surface area contributed by atoms with Gasteiger partial charge in [-0.05, 0) is 25.1 Å². The molecule has 1 aromatic heterocycles. The van der Waals surface area contributed by atoms with E-state index in [1.807, 2.05) is 0 Å². The molecule has 13 heteroatoms. The van der Waals surface area contributed by atoms with E-state index in [-0.39, 0.29) is 28.4 Å². The van der Waals surface area contributed by atoms with Gasteiger partial charge in [-0.3, -0.25) is 25.8 Å². The Balaban J connectivity index is 2.01. The zero-order valence-electron chi connectivity index (χ0n) is 15.4. The number of nitro groups is 1. The molecule has 0 aliphatic carbocycles. The summed E-state index contributed by atoms with van der Waals surface area (Å²) in [6, 6.07) is 4.30. The average molecular weight is 445 g/mol. The monoisotopic (exact) mass is 444 g/mol. The summed E-state index contributed by atoms with van der Waals surface area (Å²) < 4.78 is 10.3. The zero-order valence-corrected chi connectivity index (χ0v) is 17.0. The Morgan fingerprint density at radius 3 is 2.69 bits per heavy atom. The van der Waals surface area contributed by atoms with Crippen molar-refractivity contribution in [2.45, 2.75) is 13.0 Å². The first-order valence-electron chi connectivity index (χ1n) is 8.19. The topological polar surface area (TPSA) is 141 Å². The maximum atomic E-state index is 12.0. The number of hydrazine groups is 1. The van der Waals surface area contributed by atoms with Crippen molar-refractivity contribution in [3.05, 3.63) is 44.7 Å². The Labute approximate surface area is 175 Å². The molecular formula is C16H18Cl2N6O5. The quantitative estimate of drug-likeness (QED) is 0.372. The van der Waals surface area contributed by atoms with Crippen LogP contribution >= 0.6 is 23.2 Å². The van der Waals surface area contributed by atoms with E-state index in [0.717, 1.165) is 6.33 Å². The molecule has 156 valence electrons. The van der Waals surface area contributed by atoms with Crippen molar-refractivity contribution in [1.82, 2.24) is 15.4 Å². The highest BCUT2D eigenvalue weighted by molar-refractivity contribution is 6.35. The number of carbonyl (C=O) groups is 1. The minimum absolute atomic E-state index is 0.0181. The molecule has 3 N–H and O–H groups in total. The zero-order chi connectivity index (χ0) is 21.4. The summed E-state index contributed by atoms with van der Waals surface area (Å²) in [5, 5.41) is 15.0. The summed E-state index contributed by atoms with van der Waals surface area (Å²) in [5.41, 5.74) is 4.24. The van der Waals surface area contributed by atoms with E-state index in [0.29, 0.717) is 11.6 Å². The minimum Gasteiger partial charge on any atom is -0.482 e. The lowest BCUT2D eigenvalue weighted by molar-refractivity contribution is -0.383. The highest BCUT2D eigenvalue weighted by Crippen LogP contribution is 2.29. The molecule has 1 atom stereocenters.